The van der Waals surface area contributed by atoms with E-state index in [2.05, 4.69) is 53.7 Å². The number of hydrogen-bond donors (Lipinski definition) is 0. The van der Waals surface area contributed by atoms with Crippen molar-refractivity contribution >= 4 is 0 Å². The van der Waals surface area contributed by atoms with Gasteiger partial charge in [-0.2, -0.15) is 0 Å². The van der Waals surface area contributed by atoms with Gasteiger partial charge >= 0.3 is 0 Å². The lowest BCUT2D eigenvalue weighted by Crippen LogP contribution is -2.34. The van der Waals surface area contributed by atoms with Crippen molar-refractivity contribution in [2.45, 2.75) is 66.9 Å². The Morgan fingerprint density at radius 2 is 1.89 bits per heavy atom. The van der Waals surface area contributed by atoms with Crippen molar-refractivity contribution in [3.63, 3.8) is 0 Å². The number of ether oxygens (including phenoxy) is 1. The van der Waals surface area contributed by atoms with Crippen molar-refractivity contribution in [2.75, 3.05) is 6.61 Å². The Hall–Kier alpha value is -0.300. The van der Waals surface area contributed by atoms with Crippen molar-refractivity contribution < 1.29 is 4.74 Å². The van der Waals surface area contributed by atoms with Gasteiger partial charge in [-0.3, -0.25) is 0 Å². The summed E-state index contributed by atoms with van der Waals surface area (Å²) in [7, 11) is 0. The number of hydrogen-bond acceptors (Lipinski definition) is 1. The zero-order chi connectivity index (χ0) is 13.8. The molecule has 18 heavy (non-hydrogen) atoms. The van der Waals surface area contributed by atoms with Crippen molar-refractivity contribution in [3.8, 4) is 0 Å². The summed E-state index contributed by atoms with van der Waals surface area (Å²) >= 11 is 0. The van der Waals surface area contributed by atoms with Crippen molar-refractivity contribution in [3.05, 3.63) is 12.2 Å². The molecule has 3 atom stereocenters. The molecule has 0 amide bonds. The van der Waals surface area contributed by atoms with Crippen LogP contribution in [0.4, 0.5) is 0 Å². The first-order chi connectivity index (χ1) is 8.29. The van der Waals surface area contributed by atoms with Gasteiger partial charge in [-0.1, -0.05) is 60.1 Å². The summed E-state index contributed by atoms with van der Waals surface area (Å²) in [5.74, 6) is 2.33. The lowest BCUT2D eigenvalue weighted by atomic mass is 9.75. The van der Waals surface area contributed by atoms with Crippen LogP contribution in [0.25, 0.3) is 0 Å². The van der Waals surface area contributed by atoms with Gasteiger partial charge in [0.05, 0.1) is 12.7 Å². The lowest BCUT2D eigenvalue weighted by molar-refractivity contribution is -0.0264. The summed E-state index contributed by atoms with van der Waals surface area (Å²) in [6, 6.07) is 0. The molecule has 1 nitrogen and oxygen atoms in total. The SMILES string of the molecule is CC(C)[C@H]1CC[C@H](C)C[C@@H]1OC/C=C/C(C)(C)C. The third kappa shape index (κ3) is 5.56. The van der Waals surface area contributed by atoms with Crippen LogP contribution >= 0.6 is 0 Å². The second-order valence-corrected chi connectivity index (χ2v) is 7.47. The molecule has 0 aromatic carbocycles. The zero-order valence-corrected chi connectivity index (χ0v) is 13.2. The maximum Gasteiger partial charge on any atom is 0.0651 e. The van der Waals surface area contributed by atoms with Crippen LogP contribution in [0.15, 0.2) is 12.2 Å². The van der Waals surface area contributed by atoms with E-state index in [1.807, 2.05) is 0 Å². The van der Waals surface area contributed by atoms with Gasteiger partial charge in [0.15, 0.2) is 0 Å². The molecule has 0 aromatic heterocycles. The average molecular weight is 252 g/mol. The lowest BCUT2D eigenvalue weighted by Gasteiger charge is -2.37. The van der Waals surface area contributed by atoms with E-state index in [4.69, 9.17) is 4.74 Å². The van der Waals surface area contributed by atoms with Gasteiger partial charge in [-0.15, -0.1) is 0 Å². The van der Waals surface area contributed by atoms with Crippen LogP contribution < -0.4 is 0 Å². The van der Waals surface area contributed by atoms with E-state index < -0.39 is 0 Å². The van der Waals surface area contributed by atoms with Crippen LogP contribution in [-0.4, -0.2) is 12.7 Å². The maximum atomic E-state index is 6.14. The molecule has 0 spiro atoms. The Labute approximate surface area is 114 Å². The minimum absolute atomic E-state index is 0.265. The van der Waals surface area contributed by atoms with Gasteiger partial charge in [-0.05, 0) is 36.0 Å². The highest BCUT2D eigenvalue weighted by Gasteiger charge is 2.30. The molecule has 0 saturated heterocycles. The minimum Gasteiger partial charge on any atom is -0.374 e. The molecule has 0 aromatic rings. The first kappa shape index (κ1) is 15.8. The maximum absolute atomic E-state index is 6.14. The molecule has 1 aliphatic rings. The monoisotopic (exact) mass is 252 g/mol. The molecule has 1 rings (SSSR count). The van der Waals surface area contributed by atoms with E-state index in [1.54, 1.807) is 0 Å². The topological polar surface area (TPSA) is 9.23 Å². The van der Waals surface area contributed by atoms with E-state index in [0.29, 0.717) is 6.10 Å². The van der Waals surface area contributed by atoms with Gasteiger partial charge in [0.25, 0.3) is 0 Å². The largest absolute Gasteiger partial charge is 0.374 e. The molecule has 0 heterocycles. The van der Waals surface area contributed by atoms with E-state index in [1.165, 1.54) is 19.3 Å². The normalized spacial score (nSPS) is 30.3. The summed E-state index contributed by atoms with van der Waals surface area (Å²) in [6.45, 7) is 14.5. The minimum atomic E-state index is 0.265. The highest BCUT2D eigenvalue weighted by Crippen LogP contribution is 2.35. The van der Waals surface area contributed by atoms with Gasteiger partial charge in [0, 0.05) is 0 Å². The second kappa shape index (κ2) is 6.75. The Morgan fingerprint density at radius 1 is 1.22 bits per heavy atom. The molecule has 0 radical (unpaired) electrons. The molecule has 0 aliphatic heterocycles. The summed E-state index contributed by atoms with van der Waals surface area (Å²) in [5.41, 5.74) is 0.265. The third-order valence-corrected chi connectivity index (χ3v) is 3.99. The fourth-order valence-electron chi connectivity index (χ4n) is 2.89. The molecule has 1 aliphatic carbocycles. The van der Waals surface area contributed by atoms with Crippen LogP contribution in [0.2, 0.25) is 0 Å². The molecule has 106 valence electrons. The summed E-state index contributed by atoms with van der Waals surface area (Å²) in [5, 5.41) is 0. The molecule has 1 saturated carbocycles. The zero-order valence-electron chi connectivity index (χ0n) is 13.2. The van der Waals surface area contributed by atoms with Gasteiger partial charge in [0.1, 0.15) is 0 Å². The number of rotatable bonds is 4. The summed E-state index contributed by atoms with van der Waals surface area (Å²) in [4.78, 5) is 0. The molecular weight excluding hydrogens is 220 g/mol. The Morgan fingerprint density at radius 3 is 2.44 bits per heavy atom. The van der Waals surface area contributed by atoms with Gasteiger partial charge in [0.2, 0.25) is 0 Å². The van der Waals surface area contributed by atoms with Gasteiger partial charge < -0.3 is 4.74 Å². The highest BCUT2D eigenvalue weighted by atomic mass is 16.5. The summed E-state index contributed by atoms with van der Waals surface area (Å²) < 4.78 is 6.14. The van der Waals surface area contributed by atoms with Crippen molar-refractivity contribution in [2.24, 2.45) is 23.2 Å². The Bertz CT molecular complexity index is 259. The average Bonchev–Trinajstić information content (AvgIpc) is 2.22. The van der Waals surface area contributed by atoms with Crippen molar-refractivity contribution in [1.82, 2.24) is 0 Å². The Balaban J connectivity index is 2.44. The highest BCUT2D eigenvalue weighted by molar-refractivity contribution is 4.92. The van der Waals surface area contributed by atoms with E-state index >= 15 is 0 Å². The Kier molecular flexibility index (Phi) is 5.91. The van der Waals surface area contributed by atoms with E-state index in [9.17, 15) is 0 Å². The summed E-state index contributed by atoms with van der Waals surface area (Å²) in [6.07, 6.45) is 8.87. The molecule has 0 unspecified atom stereocenters. The number of allylic oxidation sites excluding steroid dienone is 1. The van der Waals surface area contributed by atoms with Crippen molar-refractivity contribution in [1.29, 1.82) is 0 Å². The first-order valence-corrected chi connectivity index (χ1v) is 7.59. The van der Waals surface area contributed by atoms with E-state index in [0.717, 1.165) is 24.4 Å². The van der Waals surface area contributed by atoms with Crippen LogP contribution in [0.5, 0.6) is 0 Å². The predicted octanol–water partition coefficient (Wildman–Crippen LogP) is 5.07. The fourth-order valence-corrected chi connectivity index (χ4v) is 2.89. The smallest absolute Gasteiger partial charge is 0.0651 e. The standard InChI is InChI=1S/C17H32O/c1-13(2)15-9-8-14(3)12-16(15)18-11-7-10-17(4,5)6/h7,10,13-16H,8-9,11-12H2,1-6H3/b10-7+/t14-,15+,16-/m0/s1. The molecule has 1 fully saturated rings. The first-order valence-electron chi connectivity index (χ1n) is 7.59. The van der Waals surface area contributed by atoms with E-state index in [-0.39, 0.29) is 5.41 Å². The van der Waals surface area contributed by atoms with Crippen LogP contribution in [0.3, 0.4) is 0 Å². The predicted molar refractivity (Wildman–Crippen MR) is 79.7 cm³/mol. The molecule has 1 heteroatoms. The molecule has 0 bridgehead atoms. The second-order valence-electron chi connectivity index (χ2n) is 7.47. The van der Waals surface area contributed by atoms with Crippen LogP contribution in [-0.2, 0) is 4.74 Å². The van der Waals surface area contributed by atoms with Gasteiger partial charge in [-0.25, -0.2) is 0 Å². The van der Waals surface area contributed by atoms with Crippen LogP contribution in [0.1, 0.15) is 60.8 Å². The quantitative estimate of drug-likeness (QED) is 0.635. The third-order valence-electron chi connectivity index (χ3n) is 3.99. The fraction of sp³-hybridized carbons (Fsp3) is 0.882. The molecule has 0 N–H and O–H groups in total. The molecular formula is C17H32O. The van der Waals surface area contributed by atoms with Crippen LogP contribution in [0, 0.1) is 23.2 Å².